The Labute approximate surface area is 130 Å². The first-order valence-electron chi connectivity index (χ1n) is 7.30. The van der Waals surface area contributed by atoms with Gasteiger partial charge in [0.1, 0.15) is 11.6 Å². The van der Waals surface area contributed by atoms with Gasteiger partial charge in [0.2, 0.25) is 0 Å². The molecular weight excluding hydrogens is 281 g/mol. The average Bonchev–Trinajstić information content (AvgIpc) is 2.50. The molecule has 0 spiro atoms. The molecule has 0 unspecified atom stereocenters. The number of hydrogen-bond acceptors (Lipinski definition) is 2. The van der Waals surface area contributed by atoms with Crippen molar-refractivity contribution in [2.45, 2.75) is 33.3 Å². The second kappa shape index (κ2) is 7.07. The Hall–Kier alpha value is -2.36. The molecule has 0 heterocycles. The molecule has 0 aliphatic carbocycles. The second-order valence-corrected chi connectivity index (χ2v) is 5.23. The van der Waals surface area contributed by atoms with Crippen LogP contribution >= 0.6 is 0 Å². The maximum atomic E-state index is 13.6. The Bertz CT molecular complexity index is 670. The van der Waals surface area contributed by atoms with Crippen LogP contribution in [0.2, 0.25) is 0 Å². The van der Waals surface area contributed by atoms with Crippen molar-refractivity contribution in [1.29, 1.82) is 0 Å². The molecule has 1 N–H and O–H groups in total. The number of carbonyl (C=O) groups excluding carboxylic acids is 1. The topological polar surface area (TPSA) is 38.3 Å². The highest BCUT2D eigenvalue weighted by molar-refractivity contribution is 5.94. The van der Waals surface area contributed by atoms with Gasteiger partial charge in [0.05, 0.1) is 5.69 Å². The number of anilines is 1. The van der Waals surface area contributed by atoms with Gasteiger partial charge in [-0.3, -0.25) is 4.79 Å². The van der Waals surface area contributed by atoms with Crippen molar-refractivity contribution in [3.8, 4) is 5.75 Å². The molecule has 2 rings (SSSR count). The molecule has 22 heavy (non-hydrogen) atoms. The fraction of sp³-hybridized carbons (Fsp3) is 0.278. The molecule has 116 valence electrons. The van der Waals surface area contributed by atoms with E-state index in [4.69, 9.17) is 4.74 Å². The predicted molar refractivity (Wildman–Crippen MR) is 85.7 cm³/mol. The summed E-state index contributed by atoms with van der Waals surface area (Å²) < 4.78 is 19.3. The number of rotatable bonds is 5. The second-order valence-electron chi connectivity index (χ2n) is 5.23. The largest absolute Gasteiger partial charge is 0.481 e. The molecule has 0 fully saturated rings. The summed E-state index contributed by atoms with van der Waals surface area (Å²) in [6.45, 7) is 5.86. The highest BCUT2D eigenvalue weighted by Crippen LogP contribution is 2.20. The standard InChI is InChI=1S/C18H20FNO2/c1-4-17(22-14-10-9-12(2)13(3)11-14)18(21)20-16-8-6-5-7-15(16)19/h5-11,17H,4H2,1-3H3,(H,20,21)/t17-/m1/s1. The first-order valence-corrected chi connectivity index (χ1v) is 7.30. The minimum absolute atomic E-state index is 0.162. The van der Waals surface area contributed by atoms with E-state index in [0.29, 0.717) is 12.2 Å². The molecule has 2 aromatic rings. The van der Waals surface area contributed by atoms with Gasteiger partial charge in [-0.05, 0) is 55.7 Å². The molecule has 2 aromatic carbocycles. The van der Waals surface area contributed by atoms with Gasteiger partial charge < -0.3 is 10.1 Å². The normalized spacial score (nSPS) is 11.8. The van der Waals surface area contributed by atoms with Gasteiger partial charge in [0.25, 0.3) is 5.91 Å². The molecule has 0 bridgehead atoms. The lowest BCUT2D eigenvalue weighted by molar-refractivity contribution is -0.122. The molecule has 0 aliphatic rings. The van der Waals surface area contributed by atoms with Gasteiger partial charge >= 0.3 is 0 Å². The molecular formula is C18H20FNO2. The first-order chi connectivity index (χ1) is 10.5. The van der Waals surface area contributed by atoms with Crippen LogP contribution in [0.5, 0.6) is 5.75 Å². The highest BCUT2D eigenvalue weighted by atomic mass is 19.1. The highest BCUT2D eigenvalue weighted by Gasteiger charge is 2.19. The number of halogens is 1. The van der Waals surface area contributed by atoms with E-state index in [-0.39, 0.29) is 11.6 Å². The number of benzene rings is 2. The Kier molecular flexibility index (Phi) is 5.15. The van der Waals surface area contributed by atoms with Crippen LogP contribution in [0.3, 0.4) is 0 Å². The quantitative estimate of drug-likeness (QED) is 0.897. The number of hydrogen-bond donors (Lipinski definition) is 1. The summed E-state index contributed by atoms with van der Waals surface area (Å²) >= 11 is 0. The summed E-state index contributed by atoms with van der Waals surface area (Å²) in [4.78, 5) is 12.2. The van der Waals surface area contributed by atoms with E-state index in [9.17, 15) is 9.18 Å². The van der Waals surface area contributed by atoms with Crippen LogP contribution in [-0.4, -0.2) is 12.0 Å². The van der Waals surface area contributed by atoms with E-state index in [2.05, 4.69) is 5.32 Å². The van der Waals surface area contributed by atoms with Crippen LogP contribution in [-0.2, 0) is 4.79 Å². The van der Waals surface area contributed by atoms with Gasteiger partial charge in [-0.2, -0.15) is 0 Å². The van der Waals surface area contributed by atoms with Crippen LogP contribution in [0.25, 0.3) is 0 Å². The third-order valence-corrected chi connectivity index (χ3v) is 3.55. The maximum Gasteiger partial charge on any atom is 0.265 e. The summed E-state index contributed by atoms with van der Waals surface area (Å²) in [6, 6.07) is 11.8. The predicted octanol–water partition coefficient (Wildman–Crippen LogP) is 4.24. The summed E-state index contributed by atoms with van der Waals surface area (Å²) in [5, 5.41) is 2.57. The lowest BCUT2D eigenvalue weighted by Gasteiger charge is -2.18. The fourth-order valence-electron chi connectivity index (χ4n) is 2.05. The van der Waals surface area contributed by atoms with Crippen molar-refractivity contribution in [1.82, 2.24) is 0 Å². The van der Waals surface area contributed by atoms with Crippen molar-refractivity contribution in [2.24, 2.45) is 0 Å². The summed E-state index contributed by atoms with van der Waals surface area (Å²) in [6.07, 6.45) is -0.172. The number of carbonyl (C=O) groups is 1. The monoisotopic (exact) mass is 301 g/mol. The van der Waals surface area contributed by atoms with E-state index >= 15 is 0 Å². The maximum absolute atomic E-state index is 13.6. The number of ether oxygens (including phenoxy) is 1. The number of nitrogens with one attached hydrogen (secondary N) is 1. The Morgan fingerprint density at radius 3 is 2.55 bits per heavy atom. The van der Waals surface area contributed by atoms with E-state index in [1.165, 1.54) is 12.1 Å². The summed E-state index contributed by atoms with van der Waals surface area (Å²) in [5.41, 5.74) is 2.42. The molecule has 0 radical (unpaired) electrons. The van der Waals surface area contributed by atoms with Crippen molar-refractivity contribution in [2.75, 3.05) is 5.32 Å². The fourth-order valence-corrected chi connectivity index (χ4v) is 2.05. The van der Waals surface area contributed by atoms with Gasteiger partial charge in [-0.15, -0.1) is 0 Å². The summed E-state index contributed by atoms with van der Waals surface area (Å²) in [5.74, 6) is -0.179. The van der Waals surface area contributed by atoms with Gasteiger partial charge in [-0.25, -0.2) is 4.39 Å². The van der Waals surface area contributed by atoms with Crippen LogP contribution in [0.4, 0.5) is 10.1 Å². The molecule has 0 aliphatic heterocycles. The third-order valence-electron chi connectivity index (χ3n) is 3.55. The van der Waals surface area contributed by atoms with E-state index in [0.717, 1.165) is 11.1 Å². The van der Waals surface area contributed by atoms with Crippen molar-refractivity contribution < 1.29 is 13.9 Å². The van der Waals surface area contributed by atoms with Crippen LogP contribution in [0.1, 0.15) is 24.5 Å². The van der Waals surface area contributed by atoms with Gasteiger partial charge in [0.15, 0.2) is 6.10 Å². The van der Waals surface area contributed by atoms with E-state index in [1.54, 1.807) is 12.1 Å². The van der Waals surface area contributed by atoms with E-state index < -0.39 is 11.9 Å². The Morgan fingerprint density at radius 2 is 1.91 bits per heavy atom. The molecule has 0 aromatic heterocycles. The van der Waals surface area contributed by atoms with Crippen LogP contribution < -0.4 is 10.1 Å². The number of aryl methyl sites for hydroxylation is 2. The first kappa shape index (κ1) is 16.0. The van der Waals surface area contributed by atoms with Crippen molar-refractivity contribution >= 4 is 11.6 Å². The molecule has 0 saturated carbocycles. The number of para-hydroxylation sites is 1. The number of amides is 1. The molecule has 1 amide bonds. The van der Waals surface area contributed by atoms with E-state index in [1.807, 2.05) is 39.0 Å². The zero-order valence-electron chi connectivity index (χ0n) is 13.0. The smallest absolute Gasteiger partial charge is 0.265 e. The average molecular weight is 301 g/mol. The summed E-state index contributed by atoms with van der Waals surface area (Å²) in [7, 11) is 0. The van der Waals surface area contributed by atoms with Crippen molar-refractivity contribution in [3.63, 3.8) is 0 Å². The Balaban J connectivity index is 2.09. The van der Waals surface area contributed by atoms with Crippen LogP contribution in [0.15, 0.2) is 42.5 Å². The molecule has 1 atom stereocenters. The molecule has 0 saturated heterocycles. The van der Waals surface area contributed by atoms with Crippen LogP contribution in [0, 0.1) is 19.7 Å². The molecule has 3 nitrogen and oxygen atoms in total. The minimum Gasteiger partial charge on any atom is -0.481 e. The lowest BCUT2D eigenvalue weighted by Crippen LogP contribution is -2.32. The SMILES string of the molecule is CC[C@@H](Oc1ccc(C)c(C)c1)C(=O)Nc1ccccc1F. The van der Waals surface area contributed by atoms with Crippen molar-refractivity contribution in [3.05, 3.63) is 59.4 Å². The minimum atomic E-state index is -0.665. The lowest BCUT2D eigenvalue weighted by atomic mass is 10.1. The zero-order chi connectivity index (χ0) is 16.1. The van der Waals surface area contributed by atoms with Gasteiger partial charge in [-0.1, -0.05) is 25.1 Å². The zero-order valence-corrected chi connectivity index (χ0v) is 13.0. The van der Waals surface area contributed by atoms with Gasteiger partial charge in [0, 0.05) is 0 Å². The Morgan fingerprint density at radius 1 is 1.18 bits per heavy atom. The molecule has 4 heteroatoms. The third kappa shape index (κ3) is 3.85.